The molecule has 2 rings (SSSR count). The predicted molar refractivity (Wildman–Crippen MR) is 68.1 cm³/mol. The molecule has 0 aliphatic heterocycles. The number of hydrogen-bond acceptors (Lipinski definition) is 3. The van der Waals surface area contributed by atoms with Crippen LogP contribution in [0.4, 0.5) is 0 Å². The zero-order chi connectivity index (χ0) is 13.3. The lowest BCUT2D eigenvalue weighted by Crippen LogP contribution is -2.25. The van der Waals surface area contributed by atoms with Gasteiger partial charge in [0.15, 0.2) is 5.75 Å². The maximum atomic E-state index is 11.9. The number of nitriles is 1. The first-order valence-corrected chi connectivity index (χ1v) is 5.66. The van der Waals surface area contributed by atoms with Crippen LogP contribution in [0.2, 0.25) is 0 Å². The number of ether oxygens (including phenoxy) is 1. The third kappa shape index (κ3) is 2.07. The van der Waals surface area contributed by atoms with E-state index < -0.39 is 5.41 Å². The van der Waals surface area contributed by atoms with Gasteiger partial charge in [-0.3, -0.25) is 4.79 Å². The van der Waals surface area contributed by atoms with Gasteiger partial charge in [0.1, 0.15) is 0 Å². The topological polar surface area (TPSA) is 65.9 Å². The molecule has 0 radical (unpaired) electrons. The van der Waals surface area contributed by atoms with Crippen LogP contribution >= 0.6 is 0 Å². The smallest absolute Gasteiger partial charge is 0.316 e. The van der Waals surface area contributed by atoms with Crippen molar-refractivity contribution < 1.29 is 9.53 Å². The molecule has 1 aromatic heterocycles. The van der Waals surface area contributed by atoms with Gasteiger partial charge in [0, 0.05) is 6.20 Å². The Bertz CT molecular complexity index is 642. The molecule has 1 heterocycles. The van der Waals surface area contributed by atoms with Gasteiger partial charge in [0.05, 0.1) is 28.0 Å². The Balaban J connectivity index is 2.47. The Morgan fingerprint density at radius 1 is 1.39 bits per heavy atom. The molecule has 18 heavy (non-hydrogen) atoms. The summed E-state index contributed by atoms with van der Waals surface area (Å²) in [7, 11) is 0. The van der Waals surface area contributed by atoms with Gasteiger partial charge >= 0.3 is 5.97 Å². The van der Waals surface area contributed by atoms with Crippen LogP contribution in [0.15, 0.2) is 24.4 Å². The second kappa shape index (κ2) is 4.19. The number of aromatic nitrogens is 1. The molecule has 4 nitrogen and oxygen atoms in total. The number of nitrogens with one attached hydrogen (secondary N) is 1. The summed E-state index contributed by atoms with van der Waals surface area (Å²) in [5, 5.41) is 9.72. The average molecular weight is 242 g/mol. The molecular formula is C14H14N2O2. The molecule has 2 aromatic rings. The summed E-state index contributed by atoms with van der Waals surface area (Å²) in [5.41, 5.74) is 0.696. The molecule has 4 heteroatoms. The van der Waals surface area contributed by atoms with Gasteiger partial charge in [-0.25, -0.2) is 0 Å². The normalized spacial score (nSPS) is 11.2. The summed E-state index contributed by atoms with van der Waals surface area (Å²) >= 11 is 0. The molecule has 0 saturated carbocycles. The number of esters is 1. The quantitative estimate of drug-likeness (QED) is 0.782. The van der Waals surface area contributed by atoms with Crippen LogP contribution in [0.1, 0.15) is 26.3 Å². The first-order valence-electron chi connectivity index (χ1n) is 5.66. The molecule has 1 aromatic carbocycles. The number of H-pyrrole nitrogens is 1. The molecule has 92 valence electrons. The maximum absolute atomic E-state index is 11.9. The van der Waals surface area contributed by atoms with Gasteiger partial charge in [-0.2, -0.15) is 5.26 Å². The van der Waals surface area contributed by atoms with Crippen molar-refractivity contribution in [3.63, 3.8) is 0 Å². The summed E-state index contributed by atoms with van der Waals surface area (Å²) in [6.07, 6.45) is 1.61. The number of nitrogens with zero attached hydrogens (tertiary/aromatic N) is 1. The van der Waals surface area contributed by atoms with E-state index in [1.54, 1.807) is 39.1 Å². The van der Waals surface area contributed by atoms with E-state index in [0.717, 1.165) is 5.52 Å². The monoisotopic (exact) mass is 242 g/mol. The Labute approximate surface area is 105 Å². The Hall–Kier alpha value is -2.28. The molecule has 1 N–H and O–H groups in total. The predicted octanol–water partition coefficient (Wildman–Crippen LogP) is 2.99. The number of rotatable bonds is 1. The van der Waals surface area contributed by atoms with Gasteiger partial charge in [-0.15, -0.1) is 0 Å². The van der Waals surface area contributed by atoms with E-state index in [0.29, 0.717) is 16.7 Å². The van der Waals surface area contributed by atoms with E-state index in [1.807, 2.05) is 6.07 Å². The fourth-order valence-electron chi connectivity index (χ4n) is 1.58. The standard InChI is InChI=1S/C14H14N2O2/c1-14(2,3)13(17)18-11-8-16-10-6-4-5-9(7-15)12(10)11/h4-6,8,16H,1-3H3. The maximum Gasteiger partial charge on any atom is 0.316 e. The van der Waals surface area contributed by atoms with Crippen LogP contribution in [-0.2, 0) is 4.79 Å². The van der Waals surface area contributed by atoms with Crippen LogP contribution in [0, 0.1) is 16.7 Å². The second-order valence-corrected chi connectivity index (χ2v) is 5.13. The molecule has 0 aliphatic carbocycles. The highest BCUT2D eigenvalue weighted by Gasteiger charge is 2.25. The van der Waals surface area contributed by atoms with Crippen molar-refractivity contribution in [2.24, 2.45) is 5.41 Å². The van der Waals surface area contributed by atoms with Crippen molar-refractivity contribution in [2.45, 2.75) is 20.8 Å². The zero-order valence-electron chi connectivity index (χ0n) is 10.6. The van der Waals surface area contributed by atoms with Crippen LogP contribution in [0.3, 0.4) is 0 Å². The van der Waals surface area contributed by atoms with Crippen molar-refractivity contribution in [3.05, 3.63) is 30.0 Å². The molecular weight excluding hydrogens is 228 g/mol. The van der Waals surface area contributed by atoms with Crippen LogP contribution in [0.5, 0.6) is 5.75 Å². The Morgan fingerprint density at radius 2 is 2.11 bits per heavy atom. The second-order valence-electron chi connectivity index (χ2n) is 5.13. The van der Waals surface area contributed by atoms with Crippen LogP contribution < -0.4 is 4.74 Å². The van der Waals surface area contributed by atoms with Gasteiger partial charge in [0.25, 0.3) is 0 Å². The van der Waals surface area contributed by atoms with Crippen molar-refractivity contribution in [3.8, 4) is 11.8 Å². The molecule has 0 unspecified atom stereocenters. The van der Waals surface area contributed by atoms with E-state index in [4.69, 9.17) is 10.00 Å². The SMILES string of the molecule is CC(C)(C)C(=O)Oc1c[nH]c2cccc(C#N)c12. The molecule has 0 amide bonds. The van der Waals surface area contributed by atoms with Crippen LogP contribution in [0.25, 0.3) is 10.9 Å². The van der Waals surface area contributed by atoms with E-state index >= 15 is 0 Å². The third-order valence-electron chi connectivity index (χ3n) is 2.61. The summed E-state index contributed by atoms with van der Waals surface area (Å²) < 4.78 is 5.35. The molecule has 0 bridgehead atoms. The number of aromatic amines is 1. The van der Waals surface area contributed by atoms with Crippen LogP contribution in [-0.4, -0.2) is 11.0 Å². The Morgan fingerprint density at radius 3 is 2.72 bits per heavy atom. The first-order chi connectivity index (χ1) is 8.43. The highest BCUT2D eigenvalue weighted by Crippen LogP contribution is 2.30. The summed E-state index contributed by atoms with van der Waals surface area (Å²) in [5.74, 6) is 0.0817. The molecule has 0 saturated heterocycles. The Kier molecular flexibility index (Phi) is 2.84. The number of fused-ring (bicyclic) bond motifs is 1. The zero-order valence-corrected chi connectivity index (χ0v) is 10.6. The van der Waals surface area contributed by atoms with Crippen molar-refractivity contribution in [1.82, 2.24) is 4.98 Å². The number of carbonyl (C=O) groups is 1. The van der Waals surface area contributed by atoms with E-state index in [9.17, 15) is 4.79 Å². The molecule has 0 atom stereocenters. The number of carbonyl (C=O) groups excluding carboxylic acids is 1. The average Bonchev–Trinajstić information content (AvgIpc) is 2.71. The number of hydrogen-bond donors (Lipinski definition) is 1. The van der Waals surface area contributed by atoms with E-state index in [1.165, 1.54) is 0 Å². The lowest BCUT2D eigenvalue weighted by molar-refractivity contribution is -0.142. The fraction of sp³-hybridized carbons (Fsp3) is 0.286. The summed E-state index contributed by atoms with van der Waals surface area (Å²) in [6.45, 7) is 5.36. The van der Waals surface area contributed by atoms with E-state index in [-0.39, 0.29) is 5.97 Å². The molecule has 0 aliphatic rings. The third-order valence-corrected chi connectivity index (χ3v) is 2.61. The lowest BCUT2D eigenvalue weighted by atomic mass is 9.97. The highest BCUT2D eigenvalue weighted by molar-refractivity contribution is 5.93. The first kappa shape index (κ1) is 12.2. The summed E-state index contributed by atoms with van der Waals surface area (Å²) in [4.78, 5) is 14.8. The minimum Gasteiger partial charge on any atom is -0.424 e. The fourth-order valence-corrected chi connectivity index (χ4v) is 1.58. The molecule has 0 fully saturated rings. The highest BCUT2D eigenvalue weighted by atomic mass is 16.5. The van der Waals surface area contributed by atoms with Crippen molar-refractivity contribution in [2.75, 3.05) is 0 Å². The van der Waals surface area contributed by atoms with Gasteiger partial charge in [-0.05, 0) is 32.9 Å². The van der Waals surface area contributed by atoms with Crippen molar-refractivity contribution >= 4 is 16.9 Å². The van der Waals surface area contributed by atoms with Gasteiger partial charge in [0.2, 0.25) is 0 Å². The number of benzene rings is 1. The lowest BCUT2D eigenvalue weighted by Gasteiger charge is -2.15. The minimum atomic E-state index is -0.578. The summed E-state index contributed by atoms with van der Waals surface area (Å²) in [6, 6.07) is 7.42. The van der Waals surface area contributed by atoms with Gasteiger partial charge < -0.3 is 9.72 Å². The minimum absolute atomic E-state index is 0.323. The molecule has 0 spiro atoms. The van der Waals surface area contributed by atoms with E-state index in [2.05, 4.69) is 11.1 Å². The van der Waals surface area contributed by atoms with Gasteiger partial charge in [-0.1, -0.05) is 6.07 Å². The van der Waals surface area contributed by atoms with Crippen molar-refractivity contribution in [1.29, 1.82) is 5.26 Å². The largest absolute Gasteiger partial charge is 0.424 e.